The van der Waals surface area contributed by atoms with Crippen LogP contribution in [0.1, 0.15) is 26.9 Å². The Hall–Kier alpha value is -2.31. The molecule has 0 spiro atoms. The summed E-state index contributed by atoms with van der Waals surface area (Å²) in [5.41, 5.74) is 2.33. The summed E-state index contributed by atoms with van der Waals surface area (Å²) in [6.07, 6.45) is 1.62. The van der Waals surface area contributed by atoms with Crippen molar-refractivity contribution in [3.8, 4) is 11.5 Å². The van der Waals surface area contributed by atoms with Crippen molar-refractivity contribution in [2.24, 2.45) is 5.92 Å². The molecular weight excluding hydrogens is 390 g/mol. The monoisotopic (exact) mass is 411 g/mol. The summed E-state index contributed by atoms with van der Waals surface area (Å²) < 4.78 is 11.3. The van der Waals surface area contributed by atoms with Crippen LogP contribution in [0.25, 0.3) is 0 Å². The Kier molecular flexibility index (Phi) is 4.61. The number of carbonyl (C=O) groups excluding carboxylic acids is 1. The Morgan fingerprint density at radius 1 is 1.21 bits per heavy atom. The molecule has 5 rings (SSSR count). The fourth-order valence-electron chi connectivity index (χ4n) is 4.20. The predicted molar refractivity (Wildman–Crippen MR) is 112 cm³/mol. The average molecular weight is 412 g/mol. The van der Waals surface area contributed by atoms with Crippen LogP contribution in [0.2, 0.25) is 0 Å². The smallest absolute Gasteiger partial charge is 0.230 e. The number of ether oxygens (including phenoxy) is 2. The number of thiophene rings is 2. The van der Waals surface area contributed by atoms with E-state index in [9.17, 15) is 4.79 Å². The molecule has 0 radical (unpaired) electrons. The lowest BCUT2D eigenvalue weighted by atomic mass is 9.92. The third-order valence-corrected chi connectivity index (χ3v) is 7.51. The summed E-state index contributed by atoms with van der Waals surface area (Å²) in [6.45, 7) is 1.19. The third-order valence-electron chi connectivity index (χ3n) is 5.58. The zero-order valence-corrected chi connectivity index (χ0v) is 17.2. The lowest BCUT2D eigenvalue weighted by molar-refractivity contribution is -0.139. The molecule has 6 heteroatoms. The maximum absolute atomic E-state index is 13.6. The molecular formula is C22H21NO3S2. The molecule has 0 saturated carbocycles. The molecule has 4 nitrogen and oxygen atoms in total. The number of rotatable bonds is 3. The van der Waals surface area contributed by atoms with Crippen molar-refractivity contribution in [3.63, 3.8) is 0 Å². The van der Waals surface area contributed by atoms with Crippen molar-refractivity contribution >= 4 is 28.6 Å². The molecule has 28 heavy (non-hydrogen) atoms. The zero-order chi connectivity index (χ0) is 19.1. The molecule has 2 aliphatic heterocycles. The van der Waals surface area contributed by atoms with E-state index < -0.39 is 0 Å². The van der Waals surface area contributed by atoms with Gasteiger partial charge in [-0.15, -0.1) is 22.7 Å². The van der Waals surface area contributed by atoms with Crippen molar-refractivity contribution in [1.82, 2.24) is 4.90 Å². The number of hydrogen-bond donors (Lipinski definition) is 0. The maximum atomic E-state index is 13.6. The molecule has 0 aliphatic carbocycles. The summed E-state index contributed by atoms with van der Waals surface area (Å²) >= 11 is 3.52. The number of benzene rings is 1. The number of nitrogens with zero attached hydrogens (tertiary/aromatic N) is 1. The molecule has 3 aromatic rings. The standard InChI is InChI=1S/C22H21NO3S2/c1-25-16-4-5-18-14(12-16)11-15(13-26-18)22(24)23-8-6-19-17(7-10-28-19)21(23)20-3-2-9-27-20/h2-5,7,9-10,12,15,21H,6,8,11,13H2,1H3/t15-,21-/m1/s1. The van der Waals surface area contributed by atoms with Crippen molar-refractivity contribution in [1.29, 1.82) is 0 Å². The SMILES string of the molecule is COc1ccc2c(c1)C[C@@H](C(=O)N1CCc3sccc3[C@@H]1c1cccs1)CO2. The molecule has 0 unspecified atom stereocenters. The van der Waals surface area contributed by atoms with Gasteiger partial charge in [-0.3, -0.25) is 4.79 Å². The van der Waals surface area contributed by atoms with Gasteiger partial charge in [0.15, 0.2) is 0 Å². The first-order valence-corrected chi connectivity index (χ1v) is 11.2. The lowest BCUT2D eigenvalue weighted by Crippen LogP contribution is -2.45. The van der Waals surface area contributed by atoms with Gasteiger partial charge in [-0.2, -0.15) is 0 Å². The highest BCUT2D eigenvalue weighted by molar-refractivity contribution is 7.10. The Labute approximate surface area is 172 Å². The molecule has 0 saturated heterocycles. The largest absolute Gasteiger partial charge is 0.497 e. The van der Waals surface area contributed by atoms with Gasteiger partial charge in [-0.1, -0.05) is 6.07 Å². The van der Waals surface area contributed by atoms with Crippen LogP contribution < -0.4 is 9.47 Å². The molecule has 2 aromatic heterocycles. The average Bonchev–Trinajstić information content (AvgIpc) is 3.43. The summed E-state index contributed by atoms with van der Waals surface area (Å²) in [7, 11) is 1.66. The molecule has 2 atom stereocenters. The van der Waals surface area contributed by atoms with Crippen LogP contribution in [0.5, 0.6) is 11.5 Å². The van der Waals surface area contributed by atoms with Gasteiger partial charge in [0.05, 0.1) is 19.1 Å². The molecule has 2 aliphatic rings. The van der Waals surface area contributed by atoms with Gasteiger partial charge < -0.3 is 14.4 Å². The second-order valence-corrected chi connectivity index (χ2v) is 9.16. The molecule has 1 amide bonds. The summed E-state index contributed by atoms with van der Waals surface area (Å²) in [6, 6.07) is 12.2. The Morgan fingerprint density at radius 2 is 2.14 bits per heavy atom. The van der Waals surface area contributed by atoms with Crippen molar-refractivity contribution in [2.75, 3.05) is 20.3 Å². The van der Waals surface area contributed by atoms with E-state index in [0.29, 0.717) is 13.0 Å². The van der Waals surface area contributed by atoms with Gasteiger partial charge in [0.1, 0.15) is 18.1 Å². The lowest BCUT2D eigenvalue weighted by Gasteiger charge is -2.38. The predicted octanol–water partition coefficient (Wildman–Crippen LogP) is 4.54. The highest BCUT2D eigenvalue weighted by atomic mass is 32.1. The van der Waals surface area contributed by atoms with E-state index in [1.54, 1.807) is 29.8 Å². The number of amides is 1. The van der Waals surface area contributed by atoms with Crippen LogP contribution in [0.15, 0.2) is 47.2 Å². The minimum absolute atomic E-state index is 0.0224. The van der Waals surface area contributed by atoms with E-state index in [1.807, 2.05) is 18.2 Å². The van der Waals surface area contributed by atoms with Gasteiger partial charge in [-0.05, 0) is 65.1 Å². The molecule has 0 fully saturated rings. The third kappa shape index (κ3) is 3.01. The summed E-state index contributed by atoms with van der Waals surface area (Å²) in [4.78, 5) is 18.3. The summed E-state index contributed by atoms with van der Waals surface area (Å²) in [5, 5.41) is 4.23. The molecule has 4 heterocycles. The van der Waals surface area contributed by atoms with Crippen LogP contribution in [0.3, 0.4) is 0 Å². The molecule has 0 N–H and O–H groups in total. The molecule has 144 valence electrons. The van der Waals surface area contributed by atoms with E-state index in [0.717, 1.165) is 30.0 Å². The minimum Gasteiger partial charge on any atom is -0.497 e. The highest BCUT2D eigenvalue weighted by Gasteiger charge is 2.38. The molecule has 0 bridgehead atoms. The van der Waals surface area contributed by atoms with E-state index in [1.165, 1.54) is 15.3 Å². The van der Waals surface area contributed by atoms with Crippen LogP contribution in [0, 0.1) is 5.92 Å². The second kappa shape index (κ2) is 7.26. The Balaban J connectivity index is 1.44. The van der Waals surface area contributed by atoms with Gasteiger partial charge in [0.25, 0.3) is 0 Å². The fourth-order valence-corrected chi connectivity index (χ4v) is 5.96. The zero-order valence-electron chi connectivity index (χ0n) is 15.6. The second-order valence-electron chi connectivity index (χ2n) is 7.18. The Morgan fingerprint density at radius 3 is 2.96 bits per heavy atom. The van der Waals surface area contributed by atoms with E-state index >= 15 is 0 Å². The first-order chi connectivity index (χ1) is 13.7. The maximum Gasteiger partial charge on any atom is 0.230 e. The quantitative estimate of drug-likeness (QED) is 0.635. The highest BCUT2D eigenvalue weighted by Crippen LogP contribution is 2.41. The van der Waals surface area contributed by atoms with Gasteiger partial charge in [0, 0.05) is 16.3 Å². The number of methoxy groups -OCH3 is 1. The normalized spacial score (nSPS) is 20.8. The fraction of sp³-hybridized carbons (Fsp3) is 0.318. The van der Waals surface area contributed by atoms with Crippen molar-refractivity contribution < 1.29 is 14.3 Å². The van der Waals surface area contributed by atoms with Crippen LogP contribution >= 0.6 is 22.7 Å². The van der Waals surface area contributed by atoms with Crippen LogP contribution in [0.4, 0.5) is 0 Å². The molecule has 1 aromatic carbocycles. The first kappa shape index (κ1) is 17.8. The Bertz CT molecular complexity index is 995. The van der Waals surface area contributed by atoms with Gasteiger partial charge >= 0.3 is 0 Å². The van der Waals surface area contributed by atoms with E-state index in [4.69, 9.17) is 9.47 Å². The van der Waals surface area contributed by atoms with Gasteiger partial charge in [-0.25, -0.2) is 0 Å². The van der Waals surface area contributed by atoms with Crippen LogP contribution in [-0.2, 0) is 17.6 Å². The summed E-state index contributed by atoms with van der Waals surface area (Å²) in [5.74, 6) is 1.68. The van der Waals surface area contributed by atoms with E-state index in [-0.39, 0.29) is 17.9 Å². The number of fused-ring (bicyclic) bond motifs is 2. The number of hydrogen-bond acceptors (Lipinski definition) is 5. The number of carbonyl (C=O) groups is 1. The minimum atomic E-state index is -0.165. The van der Waals surface area contributed by atoms with E-state index in [2.05, 4.69) is 33.9 Å². The van der Waals surface area contributed by atoms with Crippen molar-refractivity contribution in [3.05, 3.63) is 68.0 Å². The first-order valence-electron chi connectivity index (χ1n) is 9.44. The van der Waals surface area contributed by atoms with Gasteiger partial charge in [0.2, 0.25) is 5.91 Å². The topological polar surface area (TPSA) is 38.8 Å². The van der Waals surface area contributed by atoms with Crippen molar-refractivity contribution in [2.45, 2.75) is 18.9 Å². The van der Waals surface area contributed by atoms with Crippen LogP contribution in [-0.4, -0.2) is 31.1 Å².